The van der Waals surface area contributed by atoms with Gasteiger partial charge in [-0.2, -0.15) is 20.1 Å². The van der Waals surface area contributed by atoms with Gasteiger partial charge in [0.1, 0.15) is 5.69 Å². The van der Waals surface area contributed by atoms with E-state index < -0.39 is 17.5 Å². The molecule has 1 aromatic carbocycles. The average molecular weight is 510 g/mol. The van der Waals surface area contributed by atoms with Crippen molar-refractivity contribution in [3.63, 3.8) is 0 Å². The van der Waals surface area contributed by atoms with Gasteiger partial charge in [0.15, 0.2) is 17.5 Å². The molecule has 0 aliphatic carbocycles. The summed E-state index contributed by atoms with van der Waals surface area (Å²) in [5.41, 5.74) is 3.73. The summed E-state index contributed by atoms with van der Waals surface area (Å²) in [7, 11) is 1.68. The first kappa shape index (κ1) is 24.7. The lowest BCUT2D eigenvalue weighted by molar-refractivity contribution is 0.0607. The zero-order chi connectivity index (χ0) is 26.3. The predicted octanol–water partition coefficient (Wildman–Crippen LogP) is 4.33. The van der Waals surface area contributed by atoms with Crippen LogP contribution >= 0.6 is 0 Å². The van der Waals surface area contributed by atoms with E-state index in [1.807, 2.05) is 18.7 Å². The van der Waals surface area contributed by atoms with Gasteiger partial charge < -0.3 is 4.90 Å². The van der Waals surface area contributed by atoms with Crippen LogP contribution in [0.2, 0.25) is 0 Å². The van der Waals surface area contributed by atoms with E-state index in [2.05, 4.69) is 20.3 Å². The van der Waals surface area contributed by atoms with Crippen molar-refractivity contribution >= 4 is 5.91 Å². The van der Waals surface area contributed by atoms with Gasteiger partial charge in [-0.3, -0.25) is 9.48 Å². The number of rotatable bonds is 5. The fraction of sp³-hybridized carbons (Fsp3) is 0.346. The number of pyridine rings is 1. The van der Waals surface area contributed by atoms with Gasteiger partial charge >= 0.3 is 0 Å². The monoisotopic (exact) mass is 509 g/mol. The van der Waals surface area contributed by atoms with Crippen LogP contribution in [0, 0.1) is 31.3 Å². The number of benzene rings is 1. The Morgan fingerprint density at radius 3 is 2.43 bits per heavy atom. The summed E-state index contributed by atoms with van der Waals surface area (Å²) in [6, 6.07) is 5.25. The van der Waals surface area contributed by atoms with Crippen molar-refractivity contribution in [2.24, 2.45) is 7.05 Å². The first-order valence-corrected chi connectivity index (χ1v) is 12.1. The topological polar surface area (TPSA) is 81.7 Å². The van der Waals surface area contributed by atoms with Gasteiger partial charge in [-0.1, -0.05) is 0 Å². The van der Waals surface area contributed by atoms with E-state index in [1.54, 1.807) is 31.6 Å². The van der Waals surface area contributed by atoms with Crippen LogP contribution in [0.25, 0.3) is 16.9 Å². The van der Waals surface area contributed by atoms with Crippen LogP contribution in [-0.4, -0.2) is 53.2 Å². The summed E-state index contributed by atoms with van der Waals surface area (Å²) in [4.78, 5) is 21.4. The van der Waals surface area contributed by atoms with E-state index in [-0.39, 0.29) is 17.5 Å². The molecule has 0 N–H and O–H groups in total. The third-order valence-corrected chi connectivity index (χ3v) is 6.74. The molecule has 1 amide bonds. The molecule has 0 bridgehead atoms. The maximum atomic E-state index is 14.1. The number of carbonyl (C=O) groups is 1. The minimum atomic E-state index is -1.51. The Balaban J connectivity index is 1.48. The fourth-order valence-electron chi connectivity index (χ4n) is 5.09. The Labute approximate surface area is 211 Å². The number of aryl methyl sites for hydroxylation is 3. The minimum Gasteiger partial charge on any atom is -0.334 e. The van der Waals surface area contributed by atoms with Crippen LogP contribution in [0.5, 0.6) is 0 Å². The van der Waals surface area contributed by atoms with Crippen LogP contribution in [0.3, 0.4) is 0 Å². The standard InChI is InChI=1S/C26H26F3N7O/c1-15-10-19(36-30-7-8-31-36)14-23(32-15)26(37)35-9-5-4-6-18(35)13-20-16(2)33-34(3)25(20)17-11-21(27)24(29)22(28)12-17/h7-8,10-12,14,18H,4-6,9,13H2,1-3H3. The van der Waals surface area contributed by atoms with Crippen LogP contribution in [0.4, 0.5) is 13.2 Å². The van der Waals surface area contributed by atoms with Gasteiger partial charge in [0, 0.05) is 36.5 Å². The highest BCUT2D eigenvalue weighted by Crippen LogP contribution is 2.32. The molecule has 37 heavy (non-hydrogen) atoms. The number of aromatic nitrogens is 6. The predicted molar refractivity (Wildman–Crippen MR) is 130 cm³/mol. The first-order valence-electron chi connectivity index (χ1n) is 12.1. The third-order valence-electron chi connectivity index (χ3n) is 6.74. The Hall–Kier alpha value is -4.02. The SMILES string of the molecule is Cc1cc(-n2nccn2)cc(C(=O)N2CCCCC2Cc2c(C)nn(C)c2-c2cc(F)c(F)c(F)c2)n1. The van der Waals surface area contributed by atoms with Crippen molar-refractivity contribution < 1.29 is 18.0 Å². The van der Waals surface area contributed by atoms with Crippen LogP contribution in [-0.2, 0) is 13.5 Å². The molecule has 1 saturated heterocycles. The van der Waals surface area contributed by atoms with Gasteiger partial charge in [-0.25, -0.2) is 18.2 Å². The third kappa shape index (κ3) is 4.73. The number of carbonyl (C=O) groups excluding carboxylic acids is 1. The fourth-order valence-corrected chi connectivity index (χ4v) is 5.09. The number of halogens is 3. The molecule has 0 spiro atoms. The molecule has 1 fully saturated rings. The van der Waals surface area contributed by atoms with Crippen LogP contribution < -0.4 is 0 Å². The van der Waals surface area contributed by atoms with E-state index >= 15 is 0 Å². The van der Waals surface area contributed by atoms with Crippen molar-refractivity contribution in [1.29, 1.82) is 0 Å². The lowest BCUT2D eigenvalue weighted by Crippen LogP contribution is -2.45. The second-order valence-corrected chi connectivity index (χ2v) is 9.31. The maximum Gasteiger partial charge on any atom is 0.272 e. The van der Waals surface area contributed by atoms with Crippen molar-refractivity contribution in [3.05, 3.63) is 76.8 Å². The number of hydrogen-bond donors (Lipinski definition) is 0. The highest BCUT2D eigenvalue weighted by atomic mass is 19.2. The Morgan fingerprint density at radius 2 is 1.73 bits per heavy atom. The van der Waals surface area contributed by atoms with E-state index in [4.69, 9.17) is 0 Å². The molecule has 4 heterocycles. The van der Waals surface area contributed by atoms with Crippen molar-refractivity contribution in [3.8, 4) is 16.9 Å². The first-order chi connectivity index (χ1) is 17.7. The Bertz CT molecular complexity index is 1440. The minimum absolute atomic E-state index is 0.174. The molecule has 4 aromatic rings. The van der Waals surface area contributed by atoms with Gasteiger partial charge in [-0.05, 0) is 63.8 Å². The molecule has 8 nitrogen and oxygen atoms in total. The van der Waals surface area contributed by atoms with E-state index in [1.165, 1.54) is 9.48 Å². The largest absolute Gasteiger partial charge is 0.334 e. The van der Waals surface area contributed by atoms with Gasteiger partial charge in [-0.15, -0.1) is 0 Å². The number of piperidine rings is 1. The second kappa shape index (κ2) is 9.79. The van der Waals surface area contributed by atoms with Crippen molar-refractivity contribution in [2.45, 2.75) is 45.6 Å². The van der Waals surface area contributed by atoms with Gasteiger partial charge in [0.2, 0.25) is 0 Å². The molecule has 1 aliphatic heterocycles. The number of hydrogen-bond acceptors (Lipinski definition) is 5. The van der Waals surface area contributed by atoms with Crippen molar-refractivity contribution in [2.75, 3.05) is 6.54 Å². The zero-order valence-electron chi connectivity index (χ0n) is 20.7. The summed E-state index contributed by atoms with van der Waals surface area (Å²) in [5, 5.41) is 12.8. The smallest absolute Gasteiger partial charge is 0.272 e. The second-order valence-electron chi connectivity index (χ2n) is 9.31. The summed E-state index contributed by atoms with van der Waals surface area (Å²) < 4.78 is 43.3. The highest BCUT2D eigenvalue weighted by Gasteiger charge is 2.31. The van der Waals surface area contributed by atoms with Gasteiger partial charge in [0.25, 0.3) is 5.91 Å². The molecular weight excluding hydrogens is 483 g/mol. The number of nitrogens with zero attached hydrogens (tertiary/aromatic N) is 7. The normalized spacial score (nSPS) is 15.8. The molecule has 1 atom stereocenters. The lowest BCUT2D eigenvalue weighted by Gasteiger charge is -2.36. The molecular formula is C26H26F3N7O. The van der Waals surface area contributed by atoms with Crippen molar-refractivity contribution in [1.82, 2.24) is 34.7 Å². The number of likely N-dealkylation sites (tertiary alicyclic amines) is 1. The summed E-state index contributed by atoms with van der Waals surface area (Å²) in [6.45, 7) is 4.18. The highest BCUT2D eigenvalue weighted by molar-refractivity contribution is 5.93. The molecule has 3 aromatic heterocycles. The molecule has 0 saturated carbocycles. The molecule has 1 unspecified atom stereocenters. The Kier molecular flexibility index (Phi) is 6.53. The molecule has 0 radical (unpaired) electrons. The molecule has 1 aliphatic rings. The zero-order valence-corrected chi connectivity index (χ0v) is 20.7. The average Bonchev–Trinajstić information content (AvgIpc) is 3.50. The quantitative estimate of drug-likeness (QED) is 0.374. The molecule has 5 rings (SSSR count). The van der Waals surface area contributed by atoms with Crippen LogP contribution in [0.15, 0.2) is 36.7 Å². The summed E-state index contributed by atoms with van der Waals surface area (Å²) >= 11 is 0. The molecule has 11 heteroatoms. The lowest BCUT2D eigenvalue weighted by atomic mass is 9.92. The van der Waals surface area contributed by atoms with E-state index in [0.717, 1.165) is 37.0 Å². The summed E-state index contributed by atoms with van der Waals surface area (Å²) in [5.74, 6) is -4.24. The Morgan fingerprint density at radius 1 is 1.03 bits per heavy atom. The number of amides is 1. The van der Waals surface area contributed by atoms with Gasteiger partial charge in [0.05, 0.1) is 29.5 Å². The summed E-state index contributed by atoms with van der Waals surface area (Å²) in [6.07, 6.45) is 6.10. The van der Waals surface area contributed by atoms with Crippen LogP contribution in [0.1, 0.15) is 46.7 Å². The molecule has 192 valence electrons. The maximum absolute atomic E-state index is 14.1. The van der Waals surface area contributed by atoms with E-state index in [0.29, 0.717) is 41.4 Å². The van der Waals surface area contributed by atoms with E-state index in [9.17, 15) is 18.0 Å².